The molecule has 2 aliphatic rings. The first kappa shape index (κ1) is 28.1. The first-order valence-corrected chi connectivity index (χ1v) is 14.3. The molecule has 2 amide bonds. The first-order valence-electron chi connectivity index (χ1n) is 13.9. The van der Waals surface area contributed by atoms with Gasteiger partial charge >= 0.3 is 6.09 Å². The van der Waals surface area contributed by atoms with Crippen LogP contribution in [0.2, 0.25) is 5.02 Å². The summed E-state index contributed by atoms with van der Waals surface area (Å²) in [5.41, 5.74) is 3.85. The highest BCUT2D eigenvalue weighted by atomic mass is 35.5. The number of carbonyl (C=O) groups is 2. The zero-order valence-corrected chi connectivity index (χ0v) is 24.1. The van der Waals surface area contributed by atoms with Crippen molar-refractivity contribution < 1.29 is 14.3 Å². The molecule has 2 aromatic heterocycles. The Labute approximate surface area is 240 Å². The topological polar surface area (TPSA) is 92.6 Å². The highest BCUT2D eigenvalue weighted by Gasteiger charge is 2.41. The summed E-state index contributed by atoms with van der Waals surface area (Å²) in [5.74, 6) is -0.188. The molecule has 10 heteroatoms. The van der Waals surface area contributed by atoms with E-state index in [1.807, 2.05) is 55.9 Å². The lowest BCUT2D eigenvalue weighted by Gasteiger charge is -2.44. The van der Waals surface area contributed by atoms with Crippen LogP contribution in [0.5, 0.6) is 0 Å². The van der Waals surface area contributed by atoms with Gasteiger partial charge in [-0.25, -0.2) is 9.78 Å². The molecule has 40 heavy (non-hydrogen) atoms. The lowest BCUT2D eigenvalue weighted by atomic mass is 9.95. The Morgan fingerprint density at radius 3 is 2.73 bits per heavy atom. The Morgan fingerprint density at radius 1 is 1.12 bits per heavy atom. The third-order valence-corrected chi connectivity index (χ3v) is 7.64. The van der Waals surface area contributed by atoms with Gasteiger partial charge in [-0.3, -0.25) is 19.6 Å². The molecule has 212 valence electrons. The second-order valence-electron chi connectivity index (χ2n) is 11.4. The molecule has 0 radical (unpaired) electrons. The number of pyridine rings is 1. The van der Waals surface area contributed by atoms with Crippen molar-refractivity contribution in [2.24, 2.45) is 0 Å². The van der Waals surface area contributed by atoms with Gasteiger partial charge in [-0.05, 0) is 74.9 Å². The minimum atomic E-state index is -0.706. The van der Waals surface area contributed by atoms with Crippen LogP contribution in [-0.2, 0) is 28.9 Å². The van der Waals surface area contributed by atoms with E-state index in [2.05, 4.69) is 27.3 Å². The molecule has 1 aromatic carbocycles. The summed E-state index contributed by atoms with van der Waals surface area (Å²) in [6.07, 6.45) is 9.23. The summed E-state index contributed by atoms with van der Waals surface area (Å²) in [6.45, 7) is 8.04. The first-order chi connectivity index (χ1) is 19.2. The molecule has 3 heterocycles. The number of fused-ring (bicyclic) bond motifs is 2. The van der Waals surface area contributed by atoms with Gasteiger partial charge in [0.05, 0.1) is 18.1 Å². The summed E-state index contributed by atoms with van der Waals surface area (Å²) >= 11 is 6.39. The number of carbonyl (C=O) groups excluding carboxylic acids is 2. The number of hydrogen-bond acceptors (Lipinski definition) is 6. The van der Waals surface area contributed by atoms with Gasteiger partial charge < -0.3 is 14.6 Å². The Balaban J connectivity index is 1.40. The predicted octanol–water partition coefficient (Wildman–Crippen LogP) is 4.25. The molecule has 2 unspecified atom stereocenters. The fourth-order valence-electron chi connectivity index (χ4n) is 5.56. The molecule has 3 aromatic rings. The number of aromatic nitrogens is 3. The van der Waals surface area contributed by atoms with Gasteiger partial charge in [-0.2, -0.15) is 0 Å². The quantitative estimate of drug-likeness (QED) is 0.450. The van der Waals surface area contributed by atoms with Crippen molar-refractivity contribution in [2.45, 2.75) is 64.3 Å². The Morgan fingerprint density at radius 2 is 1.95 bits per heavy atom. The number of rotatable bonds is 6. The predicted molar refractivity (Wildman–Crippen MR) is 153 cm³/mol. The SMILES string of the molecule is CC(C)(C)OC(=O)N1CCN(C2c3ccc(Cl)cc3CCc3cccnc32)CC1C(=O)NCCCn1ccnc1. The van der Waals surface area contributed by atoms with E-state index in [0.717, 1.165) is 37.1 Å². The van der Waals surface area contributed by atoms with E-state index in [0.29, 0.717) is 31.2 Å². The Bertz CT molecular complexity index is 1340. The monoisotopic (exact) mass is 564 g/mol. The van der Waals surface area contributed by atoms with E-state index in [9.17, 15) is 9.59 Å². The number of nitrogens with one attached hydrogen (secondary N) is 1. The van der Waals surface area contributed by atoms with Crippen LogP contribution in [0.25, 0.3) is 0 Å². The molecule has 0 spiro atoms. The van der Waals surface area contributed by atoms with Gasteiger partial charge in [0.25, 0.3) is 0 Å². The summed E-state index contributed by atoms with van der Waals surface area (Å²) in [5, 5.41) is 3.77. The molecule has 2 atom stereocenters. The standard InChI is InChI=1S/C30H37ClN6O3/c1-30(2,3)40-29(39)37-17-16-36(19-25(37)28(38)34-12-5-14-35-15-13-32-20-35)27-24-10-9-23(31)18-22(24)8-7-21-6-4-11-33-26(21)27/h4,6,9-11,13,15,18,20,25,27H,5,7-8,12,14,16-17,19H2,1-3H3,(H,34,38). The van der Waals surface area contributed by atoms with Crippen molar-refractivity contribution in [3.63, 3.8) is 0 Å². The van der Waals surface area contributed by atoms with Crippen molar-refractivity contribution >= 4 is 23.6 Å². The number of imidazole rings is 1. The molecule has 1 aliphatic heterocycles. The van der Waals surface area contributed by atoms with E-state index in [-0.39, 0.29) is 11.9 Å². The van der Waals surface area contributed by atoms with Crippen molar-refractivity contribution in [2.75, 3.05) is 26.2 Å². The molecule has 9 nitrogen and oxygen atoms in total. The zero-order chi connectivity index (χ0) is 28.3. The molecule has 1 aliphatic carbocycles. The van der Waals surface area contributed by atoms with E-state index in [1.165, 1.54) is 11.1 Å². The fraction of sp³-hybridized carbons (Fsp3) is 0.467. The van der Waals surface area contributed by atoms with Crippen molar-refractivity contribution in [3.8, 4) is 0 Å². The molecule has 5 rings (SSSR count). The van der Waals surface area contributed by atoms with Crippen molar-refractivity contribution in [1.29, 1.82) is 0 Å². The number of amides is 2. The highest BCUT2D eigenvalue weighted by Crippen LogP contribution is 2.38. The number of hydrogen-bond donors (Lipinski definition) is 1. The lowest BCUT2D eigenvalue weighted by Crippen LogP contribution is -2.61. The van der Waals surface area contributed by atoms with Gasteiger partial charge in [-0.1, -0.05) is 23.7 Å². The minimum Gasteiger partial charge on any atom is -0.444 e. The van der Waals surface area contributed by atoms with Crippen LogP contribution >= 0.6 is 11.6 Å². The number of benzene rings is 1. The smallest absolute Gasteiger partial charge is 0.411 e. The minimum absolute atomic E-state index is 0.150. The lowest BCUT2D eigenvalue weighted by molar-refractivity contribution is -0.129. The van der Waals surface area contributed by atoms with Crippen LogP contribution in [-0.4, -0.2) is 74.2 Å². The average molecular weight is 565 g/mol. The Kier molecular flexibility index (Phi) is 8.42. The second kappa shape index (κ2) is 12.0. The summed E-state index contributed by atoms with van der Waals surface area (Å²) in [7, 11) is 0. The Hall–Kier alpha value is -3.43. The van der Waals surface area contributed by atoms with E-state index in [1.54, 1.807) is 17.4 Å². The molecule has 0 saturated carbocycles. The largest absolute Gasteiger partial charge is 0.444 e. The van der Waals surface area contributed by atoms with Crippen LogP contribution in [0.1, 0.15) is 55.6 Å². The molecular weight excluding hydrogens is 528 g/mol. The number of piperazine rings is 1. The average Bonchev–Trinajstić information content (AvgIpc) is 3.38. The van der Waals surface area contributed by atoms with Crippen LogP contribution < -0.4 is 5.32 Å². The number of nitrogens with zero attached hydrogens (tertiary/aromatic N) is 5. The van der Waals surface area contributed by atoms with Crippen LogP contribution in [0.15, 0.2) is 55.2 Å². The summed E-state index contributed by atoms with van der Waals surface area (Å²) < 4.78 is 7.68. The molecule has 1 N–H and O–H groups in total. The van der Waals surface area contributed by atoms with E-state index in [4.69, 9.17) is 21.3 Å². The van der Waals surface area contributed by atoms with Gasteiger partial charge in [0, 0.05) is 56.3 Å². The number of halogens is 1. The maximum atomic E-state index is 13.6. The van der Waals surface area contributed by atoms with E-state index >= 15 is 0 Å². The number of aryl methyl sites for hydroxylation is 3. The van der Waals surface area contributed by atoms with E-state index < -0.39 is 17.7 Å². The third kappa shape index (κ3) is 6.47. The number of ether oxygens (including phenoxy) is 1. The zero-order valence-electron chi connectivity index (χ0n) is 23.3. The second-order valence-corrected chi connectivity index (χ2v) is 11.9. The third-order valence-electron chi connectivity index (χ3n) is 7.41. The van der Waals surface area contributed by atoms with Crippen LogP contribution in [0, 0.1) is 0 Å². The molecule has 0 bridgehead atoms. The molecule has 1 fully saturated rings. The maximum absolute atomic E-state index is 13.6. The van der Waals surface area contributed by atoms with Crippen molar-refractivity contribution in [3.05, 3.63) is 82.7 Å². The molecular formula is C30H37ClN6O3. The van der Waals surface area contributed by atoms with Gasteiger partial charge in [0.2, 0.25) is 5.91 Å². The van der Waals surface area contributed by atoms with Gasteiger partial charge in [0.15, 0.2) is 0 Å². The summed E-state index contributed by atoms with van der Waals surface area (Å²) in [4.78, 5) is 39.6. The van der Waals surface area contributed by atoms with Crippen LogP contribution in [0.3, 0.4) is 0 Å². The highest BCUT2D eigenvalue weighted by molar-refractivity contribution is 6.30. The maximum Gasteiger partial charge on any atom is 0.411 e. The normalized spacial score (nSPS) is 19.4. The van der Waals surface area contributed by atoms with Crippen molar-refractivity contribution in [1.82, 2.24) is 29.7 Å². The van der Waals surface area contributed by atoms with Gasteiger partial charge in [-0.15, -0.1) is 0 Å². The molecule has 1 saturated heterocycles. The van der Waals surface area contributed by atoms with Crippen LogP contribution in [0.4, 0.5) is 4.79 Å². The van der Waals surface area contributed by atoms with Gasteiger partial charge in [0.1, 0.15) is 11.6 Å². The fourth-order valence-corrected chi connectivity index (χ4v) is 5.76. The summed E-state index contributed by atoms with van der Waals surface area (Å²) in [6, 6.07) is 9.28.